The lowest BCUT2D eigenvalue weighted by molar-refractivity contribution is -0.150. The highest BCUT2D eigenvalue weighted by molar-refractivity contribution is 7.91. The number of halogens is 1. The van der Waals surface area contributed by atoms with Crippen LogP contribution in [0.5, 0.6) is 0 Å². The second-order valence-corrected chi connectivity index (χ2v) is 6.56. The molecular formula is C9H15FO4S. The minimum absolute atomic E-state index is 0.0835. The van der Waals surface area contributed by atoms with Crippen LogP contribution in [0.2, 0.25) is 0 Å². The third kappa shape index (κ3) is 3.44. The highest BCUT2D eigenvalue weighted by Crippen LogP contribution is 2.29. The van der Waals surface area contributed by atoms with Crippen molar-refractivity contribution >= 4 is 15.8 Å². The maximum atomic E-state index is 13.5. The fraction of sp³-hybridized carbons (Fsp3) is 0.889. The highest BCUT2D eigenvalue weighted by Gasteiger charge is 2.38. The number of hydrogen-bond donors (Lipinski definition) is 1. The SMILES string of the molecule is CC(F)(CC1CCCS(=O)(=O)C1)C(=O)O. The van der Waals surface area contributed by atoms with Gasteiger partial charge in [0.2, 0.25) is 5.67 Å². The van der Waals surface area contributed by atoms with Crippen molar-refractivity contribution in [3.05, 3.63) is 0 Å². The van der Waals surface area contributed by atoms with Crippen LogP contribution in [0, 0.1) is 5.92 Å². The predicted octanol–water partition coefficient (Wildman–Crippen LogP) is 1.01. The van der Waals surface area contributed by atoms with Crippen molar-refractivity contribution < 1.29 is 22.7 Å². The Morgan fingerprint density at radius 3 is 2.67 bits per heavy atom. The van der Waals surface area contributed by atoms with Gasteiger partial charge in [0.1, 0.15) is 0 Å². The summed E-state index contributed by atoms with van der Waals surface area (Å²) in [7, 11) is -3.09. The number of sulfone groups is 1. The Bertz CT molecular complexity index is 347. The number of carboxylic acids is 1. The van der Waals surface area contributed by atoms with E-state index in [1.165, 1.54) is 0 Å². The molecule has 4 nitrogen and oxygen atoms in total. The Labute approximate surface area is 88.4 Å². The summed E-state index contributed by atoms with van der Waals surface area (Å²) in [6.07, 6.45) is 0.871. The molecule has 2 atom stereocenters. The maximum Gasteiger partial charge on any atom is 0.341 e. The molecule has 1 aliphatic rings. The molecular weight excluding hydrogens is 223 g/mol. The third-order valence-electron chi connectivity index (χ3n) is 2.68. The van der Waals surface area contributed by atoms with E-state index in [0.717, 1.165) is 6.92 Å². The van der Waals surface area contributed by atoms with Crippen LogP contribution in [-0.4, -0.2) is 36.7 Å². The van der Waals surface area contributed by atoms with E-state index in [-0.39, 0.29) is 23.8 Å². The van der Waals surface area contributed by atoms with Gasteiger partial charge in [0.05, 0.1) is 11.5 Å². The first kappa shape index (κ1) is 12.4. The minimum atomic E-state index is -3.09. The molecule has 0 aromatic carbocycles. The van der Waals surface area contributed by atoms with Crippen LogP contribution in [0.15, 0.2) is 0 Å². The maximum absolute atomic E-state index is 13.5. The summed E-state index contributed by atoms with van der Waals surface area (Å²) in [5.74, 6) is -1.83. The number of carbonyl (C=O) groups is 1. The molecule has 0 aromatic heterocycles. The smallest absolute Gasteiger partial charge is 0.341 e. The van der Waals surface area contributed by atoms with E-state index in [1.54, 1.807) is 0 Å². The standard InChI is InChI=1S/C9H15FO4S/c1-9(10,8(11)12)5-7-3-2-4-15(13,14)6-7/h7H,2-6H2,1H3,(H,11,12). The van der Waals surface area contributed by atoms with Crippen molar-refractivity contribution in [2.45, 2.75) is 31.9 Å². The van der Waals surface area contributed by atoms with Crippen molar-refractivity contribution in [2.75, 3.05) is 11.5 Å². The van der Waals surface area contributed by atoms with E-state index in [2.05, 4.69) is 0 Å². The normalized spacial score (nSPS) is 29.3. The first-order chi connectivity index (χ1) is 6.73. The molecule has 0 saturated carbocycles. The molecule has 1 saturated heterocycles. The van der Waals surface area contributed by atoms with Gasteiger partial charge < -0.3 is 5.11 Å². The first-order valence-electron chi connectivity index (χ1n) is 4.86. The van der Waals surface area contributed by atoms with Crippen molar-refractivity contribution in [1.82, 2.24) is 0 Å². The molecule has 1 rings (SSSR count). The number of rotatable bonds is 3. The van der Waals surface area contributed by atoms with E-state index in [4.69, 9.17) is 5.11 Å². The Balaban J connectivity index is 2.63. The lowest BCUT2D eigenvalue weighted by Crippen LogP contribution is -2.36. The molecule has 88 valence electrons. The number of hydrogen-bond acceptors (Lipinski definition) is 3. The molecule has 1 fully saturated rings. The molecule has 6 heteroatoms. The molecule has 0 amide bonds. The van der Waals surface area contributed by atoms with Crippen LogP contribution in [0.1, 0.15) is 26.2 Å². The molecule has 15 heavy (non-hydrogen) atoms. The van der Waals surface area contributed by atoms with Crippen LogP contribution in [0.25, 0.3) is 0 Å². The zero-order valence-corrected chi connectivity index (χ0v) is 9.39. The van der Waals surface area contributed by atoms with Crippen LogP contribution >= 0.6 is 0 Å². The van der Waals surface area contributed by atoms with Gasteiger partial charge in [0, 0.05) is 0 Å². The number of aliphatic carboxylic acids is 1. The van der Waals surface area contributed by atoms with Gasteiger partial charge in [-0.05, 0) is 32.1 Å². The summed E-state index contributed by atoms with van der Waals surface area (Å²) >= 11 is 0. The Morgan fingerprint density at radius 2 is 2.20 bits per heavy atom. The Hall–Kier alpha value is -0.650. The predicted molar refractivity (Wildman–Crippen MR) is 53.1 cm³/mol. The van der Waals surface area contributed by atoms with Gasteiger partial charge in [-0.3, -0.25) is 0 Å². The molecule has 0 aliphatic carbocycles. The largest absolute Gasteiger partial charge is 0.479 e. The van der Waals surface area contributed by atoms with Gasteiger partial charge in [0.15, 0.2) is 9.84 Å². The summed E-state index contributed by atoms with van der Waals surface area (Å²) in [5.41, 5.74) is -2.32. The average molecular weight is 238 g/mol. The average Bonchev–Trinajstić information content (AvgIpc) is 2.00. The van der Waals surface area contributed by atoms with Crippen LogP contribution in [-0.2, 0) is 14.6 Å². The summed E-state index contributed by atoms with van der Waals surface area (Å²) in [6, 6.07) is 0. The monoisotopic (exact) mass is 238 g/mol. The van der Waals surface area contributed by atoms with Gasteiger partial charge >= 0.3 is 5.97 Å². The van der Waals surface area contributed by atoms with E-state index >= 15 is 0 Å². The summed E-state index contributed by atoms with van der Waals surface area (Å²) in [5, 5.41) is 8.58. The number of carboxylic acid groups (broad SMARTS) is 1. The van der Waals surface area contributed by atoms with Gasteiger partial charge in [0.25, 0.3) is 0 Å². The van der Waals surface area contributed by atoms with E-state index < -0.39 is 21.5 Å². The van der Waals surface area contributed by atoms with E-state index in [9.17, 15) is 17.6 Å². The zero-order valence-electron chi connectivity index (χ0n) is 8.57. The van der Waals surface area contributed by atoms with Crippen molar-refractivity contribution in [2.24, 2.45) is 5.92 Å². The van der Waals surface area contributed by atoms with Crippen molar-refractivity contribution in [1.29, 1.82) is 0 Å². The molecule has 1 heterocycles. The molecule has 0 spiro atoms. The lowest BCUT2D eigenvalue weighted by Gasteiger charge is -2.26. The van der Waals surface area contributed by atoms with Gasteiger partial charge in [-0.2, -0.15) is 0 Å². The van der Waals surface area contributed by atoms with Crippen LogP contribution in [0.3, 0.4) is 0 Å². The topological polar surface area (TPSA) is 71.4 Å². The minimum Gasteiger partial charge on any atom is -0.479 e. The molecule has 2 unspecified atom stereocenters. The van der Waals surface area contributed by atoms with E-state index in [0.29, 0.717) is 12.8 Å². The van der Waals surface area contributed by atoms with E-state index in [1.807, 2.05) is 0 Å². The van der Waals surface area contributed by atoms with Crippen LogP contribution in [0.4, 0.5) is 4.39 Å². The summed E-state index contributed by atoms with van der Waals surface area (Å²) in [4.78, 5) is 10.5. The molecule has 0 aromatic rings. The Morgan fingerprint density at radius 1 is 1.60 bits per heavy atom. The fourth-order valence-corrected chi connectivity index (χ4v) is 3.68. The Kier molecular flexibility index (Phi) is 3.38. The molecule has 1 N–H and O–H groups in total. The van der Waals surface area contributed by atoms with Gasteiger partial charge in [-0.25, -0.2) is 17.6 Å². The highest BCUT2D eigenvalue weighted by atomic mass is 32.2. The first-order valence-corrected chi connectivity index (χ1v) is 6.68. The van der Waals surface area contributed by atoms with Crippen molar-refractivity contribution in [3.63, 3.8) is 0 Å². The third-order valence-corrected chi connectivity index (χ3v) is 4.57. The fourth-order valence-electron chi connectivity index (χ4n) is 1.91. The van der Waals surface area contributed by atoms with Gasteiger partial charge in [-0.15, -0.1) is 0 Å². The molecule has 1 aliphatic heterocycles. The zero-order chi connectivity index (χ0) is 11.7. The molecule has 0 bridgehead atoms. The summed E-state index contributed by atoms with van der Waals surface area (Å²) < 4.78 is 35.9. The quantitative estimate of drug-likeness (QED) is 0.796. The van der Waals surface area contributed by atoms with Crippen LogP contribution < -0.4 is 0 Å². The molecule has 0 radical (unpaired) electrons. The lowest BCUT2D eigenvalue weighted by atomic mass is 9.91. The second-order valence-electron chi connectivity index (χ2n) is 4.33. The van der Waals surface area contributed by atoms with Gasteiger partial charge in [-0.1, -0.05) is 0 Å². The van der Waals surface area contributed by atoms with Crippen molar-refractivity contribution in [3.8, 4) is 0 Å². The number of alkyl halides is 1. The summed E-state index contributed by atoms with van der Waals surface area (Å²) in [6.45, 7) is 0.983. The second kappa shape index (κ2) is 4.08.